The van der Waals surface area contributed by atoms with Crippen LogP contribution in [0.15, 0.2) is 65.7 Å². The number of nitro groups is 1. The van der Waals surface area contributed by atoms with Crippen molar-refractivity contribution in [2.24, 2.45) is 0 Å². The highest BCUT2D eigenvalue weighted by Gasteiger charge is 2.35. The molecule has 2 aromatic carbocycles. The number of rotatable bonds is 6. The number of carbonyl (C=O) groups is 2. The second-order valence-corrected chi connectivity index (χ2v) is 8.61. The van der Waals surface area contributed by atoms with Crippen molar-refractivity contribution in [2.75, 3.05) is 0 Å². The molecule has 0 aliphatic carbocycles. The van der Waals surface area contributed by atoms with Gasteiger partial charge in [-0.25, -0.2) is 4.98 Å². The molecule has 2 amide bonds. The quantitative estimate of drug-likeness (QED) is 0.221. The summed E-state index contributed by atoms with van der Waals surface area (Å²) in [5.74, 6) is 0.268. The Balaban J connectivity index is 1.44. The highest BCUT2D eigenvalue weighted by molar-refractivity contribution is 8.18. The number of nitrogens with zero attached hydrogens (tertiary/aromatic N) is 3. The fraction of sp³-hybridized carbons (Fsp3) is 0.0455. The minimum atomic E-state index is -0.544. The van der Waals surface area contributed by atoms with Gasteiger partial charge >= 0.3 is 0 Å². The molecule has 0 radical (unpaired) electrons. The van der Waals surface area contributed by atoms with E-state index in [-0.39, 0.29) is 23.4 Å². The number of hydrogen-bond acceptors (Lipinski definition) is 7. The van der Waals surface area contributed by atoms with Crippen molar-refractivity contribution < 1.29 is 19.2 Å². The van der Waals surface area contributed by atoms with Gasteiger partial charge in [-0.15, -0.1) is 0 Å². The van der Waals surface area contributed by atoms with E-state index in [1.54, 1.807) is 48.5 Å². The van der Waals surface area contributed by atoms with Gasteiger partial charge in [0.15, 0.2) is 0 Å². The van der Waals surface area contributed by atoms with Crippen molar-refractivity contribution >= 4 is 57.9 Å². The molecule has 3 aromatic rings. The summed E-state index contributed by atoms with van der Waals surface area (Å²) in [6.45, 7) is 0.0912. The largest absolute Gasteiger partial charge is 0.439 e. The molecule has 8 nitrogen and oxygen atoms in total. The number of imide groups is 1. The number of hydrogen-bond donors (Lipinski definition) is 0. The average Bonchev–Trinajstić information content (AvgIpc) is 3.05. The summed E-state index contributed by atoms with van der Waals surface area (Å²) < 4.78 is 5.57. The molecule has 0 saturated carbocycles. The molecule has 0 unspecified atom stereocenters. The van der Waals surface area contributed by atoms with Gasteiger partial charge in [0.1, 0.15) is 11.9 Å². The average molecular weight is 502 g/mol. The summed E-state index contributed by atoms with van der Waals surface area (Å²) >= 11 is 12.8. The zero-order chi connectivity index (χ0) is 23.5. The molecule has 0 atom stereocenters. The first-order valence-corrected chi connectivity index (χ1v) is 10.9. The van der Waals surface area contributed by atoms with Crippen molar-refractivity contribution in [1.29, 1.82) is 0 Å². The van der Waals surface area contributed by atoms with Gasteiger partial charge in [-0.05, 0) is 53.2 Å². The molecule has 2 heterocycles. The summed E-state index contributed by atoms with van der Waals surface area (Å²) in [4.78, 5) is 40.6. The smallest absolute Gasteiger partial charge is 0.293 e. The van der Waals surface area contributed by atoms with E-state index in [9.17, 15) is 19.7 Å². The van der Waals surface area contributed by atoms with Crippen LogP contribution < -0.4 is 4.74 Å². The summed E-state index contributed by atoms with van der Waals surface area (Å²) in [5.41, 5.74) is 1.25. The Hall–Kier alpha value is -3.40. The molecule has 1 aliphatic heterocycles. The van der Waals surface area contributed by atoms with Crippen LogP contribution in [0.2, 0.25) is 10.0 Å². The van der Waals surface area contributed by atoms with Crippen LogP contribution >= 0.6 is 35.0 Å². The number of carbonyl (C=O) groups excluding carboxylic acids is 2. The first-order valence-electron chi connectivity index (χ1n) is 9.38. The van der Waals surface area contributed by atoms with Crippen molar-refractivity contribution in [3.05, 3.63) is 97.0 Å². The zero-order valence-corrected chi connectivity index (χ0v) is 18.9. The second-order valence-electron chi connectivity index (χ2n) is 6.80. The minimum absolute atomic E-state index is 0.0912. The van der Waals surface area contributed by atoms with E-state index in [1.807, 2.05) is 0 Å². The summed E-state index contributed by atoms with van der Waals surface area (Å²) in [7, 11) is 0. The Morgan fingerprint density at radius 1 is 1.06 bits per heavy atom. The van der Waals surface area contributed by atoms with Crippen LogP contribution in [0.4, 0.5) is 10.5 Å². The van der Waals surface area contributed by atoms with Gasteiger partial charge in [0.2, 0.25) is 5.88 Å². The number of halogens is 2. The number of thioether (sulfide) groups is 1. The monoisotopic (exact) mass is 501 g/mol. The molecule has 0 spiro atoms. The van der Waals surface area contributed by atoms with Crippen LogP contribution in [-0.2, 0) is 11.3 Å². The predicted octanol–water partition coefficient (Wildman–Crippen LogP) is 6.33. The van der Waals surface area contributed by atoms with Crippen molar-refractivity contribution in [3.63, 3.8) is 0 Å². The Bertz CT molecular complexity index is 1280. The molecule has 1 aliphatic rings. The van der Waals surface area contributed by atoms with Crippen LogP contribution in [-0.4, -0.2) is 26.0 Å². The standard InChI is InChI=1S/C22H13Cl2N3O5S/c23-17-7-3-14(9-18(17)24)12-26-21(28)19(33-22(26)29)10-13-1-5-16(6-2-13)32-20-8-4-15(11-25-20)27(30)31/h1-11H,12H2/b19-10-. The Morgan fingerprint density at radius 2 is 1.82 bits per heavy atom. The molecular formula is C22H13Cl2N3O5S. The van der Waals surface area contributed by atoms with Gasteiger partial charge in [-0.1, -0.05) is 41.4 Å². The highest BCUT2D eigenvalue weighted by Crippen LogP contribution is 2.34. The molecule has 1 fully saturated rings. The maximum absolute atomic E-state index is 12.7. The molecule has 1 saturated heterocycles. The second kappa shape index (κ2) is 9.62. The minimum Gasteiger partial charge on any atom is -0.439 e. The fourth-order valence-corrected chi connectivity index (χ4v) is 4.06. The number of benzene rings is 2. The van der Waals surface area contributed by atoms with Crippen molar-refractivity contribution in [1.82, 2.24) is 9.88 Å². The topological polar surface area (TPSA) is 103 Å². The van der Waals surface area contributed by atoms with Crippen LogP contribution in [0.3, 0.4) is 0 Å². The maximum atomic E-state index is 12.7. The third-order valence-corrected chi connectivity index (χ3v) is 6.18. The van der Waals surface area contributed by atoms with Gasteiger partial charge in [0, 0.05) is 12.1 Å². The van der Waals surface area contributed by atoms with E-state index in [1.165, 1.54) is 12.1 Å². The molecule has 166 valence electrons. The van der Waals surface area contributed by atoms with Crippen molar-refractivity contribution in [2.45, 2.75) is 6.54 Å². The lowest BCUT2D eigenvalue weighted by atomic mass is 10.2. The first kappa shape index (κ1) is 22.8. The van der Waals surface area contributed by atoms with Crippen molar-refractivity contribution in [3.8, 4) is 11.6 Å². The zero-order valence-electron chi connectivity index (χ0n) is 16.6. The van der Waals surface area contributed by atoms with Crippen LogP contribution in [0, 0.1) is 10.1 Å². The van der Waals surface area contributed by atoms with Gasteiger partial charge in [0.05, 0.1) is 26.4 Å². The third kappa shape index (κ3) is 5.33. The molecule has 1 aromatic heterocycles. The lowest BCUT2D eigenvalue weighted by Crippen LogP contribution is -2.27. The number of pyridine rings is 1. The highest BCUT2D eigenvalue weighted by atomic mass is 35.5. The number of amides is 2. The predicted molar refractivity (Wildman–Crippen MR) is 125 cm³/mol. The number of aromatic nitrogens is 1. The first-order chi connectivity index (χ1) is 15.8. The maximum Gasteiger partial charge on any atom is 0.293 e. The van der Waals surface area contributed by atoms with E-state index in [0.29, 0.717) is 31.8 Å². The Morgan fingerprint density at radius 3 is 2.45 bits per heavy atom. The normalized spacial score (nSPS) is 14.7. The van der Waals surface area contributed by atoms with Gasteiger partial charge in [-0.2, -0.15) is 0 Å². The number of ether oxygens (including phenoxy) is 1. The van der Waals surface area contributed by atoms with Gasteiger partial charge in [0.25, 0.3) is 16.8 Å². The molecule has 4 rings (SSSR count). The van der Waals surface area contributed by atoms with E-state index in [4.69, 9.17) is 27.9 Å². The van der Waals surface area contributed by atoms with Crippen LogP contribution in [0.5, 0.6) is 11.6 Å². The van der Waals surface area contributed by atoms with Gasteiger partial charge in [-0.3, -0.25) is 24.6 Å². The molecule has 33 heavy (non-hydrogen) atoms. The molecule has 0 N–H and O–H groups in total. The lowest BCUT2D eigenvalue weighted by molar-refractivity contribution is -0.385. The molecule has 11 heteroatoms. The SMILES string of the molecule is O=C1S/C(=C\c2ccc(Oc3ccc([N+](=O)[O-])cn3)cc2)C(=O)N1Cc1ccc(Cl)c(Cl)c1. The Labute approximate surface area is 201 Å². The van der Waals surface area contributed by atoms with E-state index >= 15 is 0 Å². The Kier molecular flexibility index (Phi) is 6.64. The van der Waals surface area contributed by atoms with E-state index in [2.05, 4.69) is 4.98 Å². The fourth-order valence-electron chi connectivity index (χ4n) is 2.90. The summed E-state index contributed by atoms with van der Waals surface area (Å²) in [5, 5.41) is 11.1. The van der Waals surface area contributed by atoms with E-state index < -0.39 is 10.8 Å². The van der Waals surface area contributed by atoms with Crippen LogP contribution in [0.1, 0.15) is 11.1 Å². The van der Waals surface area contributed by atoms with Crippen LogP contribution in [0.25, 0.3) is 6.08 Å². The molecule has 0 bridgehead atoms. The van der Waals surface area contributed by atoms with Gasteiger partial charge < -0.3 is 4.74 Å². The summed E-state index contributed by atoms with van der Waals surface area (Å²) in [6.07, 6.45) is 2.73. The third-order valence-electron chi connectivity index (χ3n) is 4.53. The van der Waals surface area contributed by atoms with E-state index in [0.717, 1.165) is 22.9 Å². The molecular weight excluding hydrogens is 489 g/mol. The summed E-state index contributed by atoms with van der Waals surface area (Å²) in [6, 6.07) is 14.4. The lowest BCUT2D eigenvalue weighted by Gasteiger charge is -2.12.